The molecule has 0 unspecified atom stereocenters. The Morgan fingerprint density at radius 1 is 0.357 bits per heavy atom. The van der Waals surface area contributed by atoms with Crippen molar-refractivity contribution in [2.75, 3.05) is 9.80 Å². The third-order valence-electron chi connectivity index (χ3n) is 10.7. The van der Waals surface area contributed by atoms with Crippen molar-refractivity contribution in [3.63, 3.8) is 0 Å². The van der Waals surface area contributed by atoms with Crippen LogP contribution in [0.1, 0.15) is 72.9 Å². The smallest absolute Gasteiger partial charge is 0.0991 e. The van der Waals surface area contributed by atoms with Gasteiger partial charge in [0.25, 0.3) is 0 Å². The summed E-state index contributed by atoms with van der Waals surface area (Å²) < 4.78 is 0. The Morgan fingerprint density at radius 3 is 0.839 bits per heavy atom. The van der Waals surface area contributed by atoms with E-state index < -0.39 is 0 Å². The van der Waals surface area contributed by atoms with E-state index in [9.17, 15) is 21.0 Å². The molecule has 0 aliphatic carbocycles. The van der Waals surface area contributed by atoms with Gasteiger partial charge in [0.2, 0.25) is 0 Å². The van der Waals surface area contributed by atoms with Crippen molar-refractivity contribution in [3.8, 4) is 24.3 Å². The lowest BCUT2D eigenvalue weighted by Gasteiger charge is -2.31. The van der Waals surface area contributed by atoms with Gasteiger partial charge in [-0.2, -0.15) is 21.0 Å². The lowest BCUT2D eigenvalue weighted by atomic mass is 9.84. The average molecular weight is 721 g/mol. The van der Waals surface area contributed by atoms with Crippen LogP contribution in [0.4, 0.5) is 34.1 Å². The van der Waals surface area contributed by atoms with Gasteiger partial charge < -0.3 is 9.80 Å². The van der Waals surface area contributed by atoms with Gasteiger partial charge in [-0.05, 0) is 154 Å². The van der Waals surface area contributed by atoms with E-state index in [1.165, 1.54) is 21.9 Å². The van der Waals surface area contributed by atoms with Crippen molar-refractivity contribution in [1.82, 2.24) is 0 Å². The van der Waals surface area contributed by atoms with E-state index in [1.54, 1.807) is 0 Å². The van der Waals surface area contributed by atoms with Gasteiger partial charge in [0.1, 0.15) is 0 Å². The predicted octanol–water partition coefficient (Wildman–Crippen LogP) is 13.3. The van der Waals surface area contributed by atoms with E-state index in [0.717, 1.165) is 55.7 Å². The fraction of sp³-hybridized carbons (Fsp3) is 0.120. The van der Waals surface area contributed by atoms with Crippen LogP contribution in [-0.2, 0) is 0 Å². The average Bonchev–Trinajstić information content (AvgIpc) is 3.24. The summed E-state index contributed by atoms with van der Waals surface area (Å²) in [6.07, 6.45) is 0. The maximum absolute atomic E-state index is 9.65. The third kappa shape index (κ3) is 5.97. The van der Waals surface area contributed by atoms with Gasteiger partial charge in [-0.1, -0.05) is 52.0 Å². The Kier molecular flexibility index (Phi) is 9.04. The summed E-state index contributed by atoms with van der Waals surface area (Å²) in [6.45, 7) is 8.91. The van der Waals surface area contributed by atoms with Crippen LogP contribution in [0.3, 0.4) is 0 Å². The van der Waals surface area contributed by atoms with Crippen molar-refractivity contribution >= 4 is 66.4 Å². The molecule has 0 N–H and O–H groups in total. The Hall–Kier alpha value is -7.64. The van der Waals surface area contributed by atoms with Crippen LogP contribution in [0.2, 0.25) is 0 Å². The second-order valence-corrected chi connectivity index (χ2v) is 14.7. The van der Waals surface area contributed by atoms with Gasteiger partial charge >= 0.3 is 0 Å². The first-order valence-electron chi connectivity index (χ1n) is 18.6. The first-order valence-corrected chi connectivity index (χ1v) is 18.6. The molecule has 0 aromatic heterocycles. The second kappa shape index (κ2) is 14.3. The molecule has 0 amide bonds. The zero-order chi connectivity index (χ0) is 39.1. The zero-order valence-corrected chi connectivity index (χ0v) is 31.5. The Balaban J connectivity index is 1.50. The molecule has 56 heavy (non-hydrogen) atoms. The summed E-state index contributed by atoms with van der Waals surface area (Å²) in [5.41, 5.74) is 10.3. The lowest BCUT2D eigenvalue weighted by molar-refractivity contribution is 0.875. The largest absolute Gasteiger partial charge is 0.310 e. The molecule has 0 radical (unpaired) electrons. The maximum Gasteiger partial charge on any atom is 0.0991 e. The van der Waals surface area contributed by atoms with Gasteiger partial charge in [-0.3, -0.25) is 0 Å². The molecule has 8 aromatic rings. The first-order chi connectivity index (χ1) is 27.2. The van der Waals surface area contributed by atoms with Gasteiger partial charge in [0.05, 0.1) is 57.9 Å². The molecule has 0 spiro atoms. The number of nitriles is 4. The fourth-order valence-electron chi connectivity index (χ4n) is 7.93. The van der Waals surface area contributed by atoms with E-state index in [0.29, 0.717) is 22.3 Å². The van der Waals surface area contributed by atoms with Crippen molar-refractivity contribution in [2.45, 2.75) is 39.5 Å². The molecule has 266 valence electrons. The molecule has 8 rings (SSSR count). The number of benzene rings is 8. The fourth-order valence-corrected chi connectivity index (χ4v) is 7.93. The van der Waals surface area contributed by atoms with Crippen LogP contribution in [0.25, 0.3) is 32.3 Å². The SMILES string of the molecule is CC(C)c1cc(N(c2ccc(C#N)cc2)c2ccc(C#N)cc2)c2ccc3c(C(C)C)cc(N(c4ccc(C#N)cc4)c4ccc(C#N)cc4)c4ccc1c2c34. The van der Waals surface area contributed by atoms with Crippen molar-refractivity contribution in [3.05, 3.63) is 167 Å². The highest BCUT2D eigenvalue weighted by atomic mass is 15.1. The molecule has 0 atom stereocenters. The molecule has 0 aliphatic heterocycles. The Labute approximate surface area is 326 Å². The van der Waals surface area contributed by atoms with Crippen LogP contribution < -0.4 is 9.80 Å². The summed E-state index contributed by atoms with van der Waals surface area (Å²) >= 11 is 0. The molecule has 0 aliphatic rings. The maximum atomic E-state index is 9.65. The van der Waals surface area contributed by atoms with Crippen molar-refractivity contribution < 1.29 is 0 Å². The minimum Gasteiger partial charge on any atom is -0.310 e. The van der Waals surface area contributed by atoms with Crippen LogP contribution in [0, 0.1) is 45.3 Å². The molecule has 0 saturated heterocycles. The normalized spacial score (nSPS) is 11.1. The number of hydrogen-bond donors (Lipinski definition) is 0. The van der Waals surface area contributed by atoms with E-state index in [1.807, 2.05) is 97.1 Å². The van der Waals surface area contributed by atoms with Gasteiger partial charge in [-0.15, -0.1) is 0 Å². The Bertz CT molecular complexity index is 2610. The number of anilines is 6. The first kappa shape index (κ1) is 35.4. The summed E-state index contributed by atoms with van der Waals surface area (Å²) in [5.74, 6) is 0.389. The monoisotopic (exact) mass is 720 g/mol. The molecule has 8 aromatic carbocycles. The molecule has 0 heterocycles. The van der Waals surface area contributed by atoms with Crippen LogP contribution in [-0.4, -0.2) is 0 Å². The summed E-state index contributed by atoms with van der Waals surface area (Å²) in [6, 6.07) is 53.2. The van der Waals surface area contributed by atoms with E-state index in [2.05, 4.69) is 98.2 Å². The molecule has 0 saturated carbocycles. The minimum absolute atomic E-state index is 0.194. The van der Waals surface area contributed by atoms with E-state index in [-0.39, 0.29) is 11.8 Å². The van der Waals surface area contributed by atoms with Gasteiger partial charge in [0, 0.05) is 33.5 Å². The summed E-state index contributed by atoms with van der Waals surface area (Å²) in [4.78, 5) is 4.45. The molecular formula is C50H36N6. The summed E-state index contributed by atoms with van der Waals surface area (Å²) in [7, 11) is 0. The molecule has 0 fully saturated rings. The van der Waals surface area contributed by atoms with E-state index in [4.69, 9.17) is 0 Å². The minimum atomic E-state index is 0.194. The quantitative estimate of drug-likeness (QED) is 0.145. The highest BCUT2D eigenvalue weighted by Crippen LogP contribution is 2.51. The third-order valence-corrected chi connectivity index (χ3v) is 10.7. The van der Waals surface area contributed by atoms with Gasteiger partial charge in [-0.25, -0.2) is 0 Å². The van der Waals surface area contributed by atoms with Crippen LogP contribution in [0.5, 0.6) is 0 Å². The zero-order valence-electron chi connectivity index (χ0n) is 31.5. The number of hydrogen-bond acceptors (Lipinski definition) is 6. The Morgan fingerprint density at radius 2 is 0.607 bits per heavy atom. The molecular weight excluding hydrogens is 685 g/mol. The van der Waals surface area contributed by atoms with Crippen LogP contribution >= 0.6 is 0 Å². The van der Waals surface area contributed by atoms with Crippen molar-refractivity contribution in [1.29, 1.82) is 21.0 Å². The summed E-state index contributed by atoms with van der Waals surface area (Å²) in [5, 5.41) is 45.4. The number of rotatable bonds is 8. The lowest BCUT2D eigenvalue weighted by Crippen LogP contribution is -2.13. The van der Waals surface area contributed by atoms with Crippen LogP contribution in [0.15, 0.2) is 133 Å². The molecule has 6 nitrogen and oxygen atoms in total. The second-order valence-electron chi connectivity index (χ2n) is 14.7. The number of nitrogens with zero attached hydrogens (tertiary/aromatic N) is 6. The topological polar surface area (TPSA) is 102 Å². The highest BCUT2D eigenvalue weighted by molar-refractivity contribution is 6.29. The van der Waals surface area contributed by atoms with Crippen molar-refractivity contribution in [2.24, 2.45) is 0 Å². The highest BCUT2D eigenvalue weighted by Gasteiger charge is 2.26. The molecule has 6 heteroatoms. The predicted molar refractivity (Wildman–Crippen MR) is 227 cm³/mol. The van der Waals surface area contributed by atoms with E-state index >= 15 is 0 Å². The van der Waals surface area contributed by atoms with Gasteiger partial charge in [0.15, 0.2) is 0 Å². The molecule has 0 bridgehead atoms. The standard InChI is InChI=1S/C50H36N6/c1-31(2)45-25-47(55(37-13-5-33(27-51)6-14-37)38-15-7-34(28-52)8-16-38)43-24-22-42-46(32(3)4)26-48(44-23-21-41(45)49(43)50(42)44)56(39-17-9-35(29-53)10-18-39)40-19-11-36(30-54)12-20-40/h5-26,31-32H,1-4H3.